The van der Waals surface area contributed by atoms with Crippen LogP contribution in [0.2, 0.25) is 5.02 Å². The Morgan fingerprint density at radius 1 is 1.50 bits per heavy atom. The minimum atomic E-state index is -2.89. The van der Waals surface area contributed by atoms with Crippen LogP contribution >= 0.6 is 27.5 Å². The third-order valence-electron chi connectivity index (χ3n) is 3.15. The molecule has 0 spiro atoms. The minimum Gasteiger partial charge on any atom is -0.366 e. The molecular formula is C12H15BrClNO2S. The maximum Gasteiger partial charge on any atom is 0.154 e. The Morgan fingerprint density at radius 2 is 2.22 bits per heavy atom. The van der Waals surface area contributed by atoms with Crippen LogP contribution in [0.5, 0.6) is 0 Å². The van der Waals surface area contributed by atoms with E-state index in [4.69, 9.17) is 11.6 Å². The Bertz CT molecular complexity index is 547. The van der Waals surface area contributed by atoms with Gasteiger partial charge in [-0.1, -0.05) is 33.6 Å². The Kier molecular flexibility index (Phi) is 4.24. The van der Waals surface area contributed by atoms with Crippen LogP contribution in [-0.2, 0) is 15.2 Å². The average Bonchev–Trinajstić information content (AvgIpc) is 2.29. The molecule has 3 nitrogen and oxygen atoms in total. The first-order valence-corrected chi connectivity index (χ1v) is 9.06. The van der Waals surface area contributed by atoms with Crippen LogP contribution in [0.3, 0.4) is 0 Å². The van der Waals surface area contributed by atoms with Crippen molar-refractivity contribution < 1.29 is 8.42 Å². The molecule has 18 heavy (non-hydrogen) atoms. The first kappa shape index (κ1) is 14.2. The van der Waals surface area contributed by atoms with Gasteiger partial charge in [-0.05, 0) is 24.6 Å². The van der Waals surface area contributed by atoms with Crippen LogP contribution < -0.4 is 4.90 Å². The summed E-state index contributed by atoms with van der Waals surface area (Å²) in [6.45, 7) is 2.43. The van der Waals surface area contributed by atoms with Crippen molar-refractivity contribution in [3.05, 3.63) is 28.8 Å². The van der Waals surface area contributed by atoms with Crippen molar-refractivity contribution in [1.82, 2.24) is 0 Å². The van der Waals surface area contributed by atoms with E-state index >= 15 is 0 Å². The number of rotatable bonds is 2. The predicted octanol–water partition coefficient (Wildman–Crippen LogP) is 2.86. The van der Waals surface area contributed by atoms with Crippen molar-refractivity contribution in [2.75, 3.05) is 23.0 Å². The molecule has 1 heterocycles. The molecule has 0 N–H and O–H groups in total. The molecule has 0 aromatic heterocycles. The number of anilines is 1. The molecule has 0 aliphatic carbocycles. The molecule has 1 aromatic carbocycles. The van der Waals surface area contributed by atoms with E-state index in [9.17, 15) is 8.42 Å². The number of hydrogen-bond donors (Lipinski definition) is 0. The zero-order valence-corrected chi connectivity index (χ0v) is 13.2. The Hall–Kier alpha value is -0.260. The van der Waals surface area contributed by atoms with E-state index in [1.807, 2.05) is 25.1 Å². The lowest BCUT2D eigenvalue weighted by Gasteiger charge is -2.35. The molecule has 2 rings (SSSR count). The standard InChI is InChI=1S/C12H15BrClNO2S/c1-9-8-18(16,17)5-4-15(9)12-3-2-10(7-13)6-11(12)14/h2-3,6,9H,4-5,7-8H2,1H3. The maximum atomic E-state index is 11.6. The summed E-state index contributed by atoms with van der Waals surface area (Å²) in [6.07, 6.45) is 0. The second kappa shape index (κ2) is 5.39. The van der Waals surface area contributed by atoms with Gasteiger partial charge in [0, 0.05) is 17.9 Å². The van der Waals surface area contributed by atoms with E-state index in [-0.39, 0.29) is 17.5 Å². The van der Waals surface area contributed by atoms with E-state index in [0.717, 1.165) is 16.6 Å². The number of alkyl halides is 1. The predicted molar refractivity (Wildman–Crippen MR) is 79.5 cm³/mol. The second-order valence-corrected chi connectivity index (χ2v) is 7.77. The van der Waals surface area contributed by atoms with Gasteiger partial charge in [0.1, 0.15) is 0 Å². The molecule has 1 aliphatic heterocycles. The highest BCUT2D eigenvalue weighted by molar-refractivity contribution is 9.08. The molecule has 1 atom stereocenters. The van der Waals surface area contributed by atoms with Crippen molar-refractivity contribution >= 4 is 43.1 Å². The summed E-state index contributed by atoms with van der Waals surface area (Å²) in [5, 5.41) is 1.44. The van der Waals surface area contributed by atoms with Gasteiger partial charge in [-0.25, -0.2) is 8.42 Å². The molecule has 1 aliphatic rings. The van der Waals surface area contributed by atoms with Crippen molar-refractivity contribution in [2.45, 2.75) is 18.3 Å². The van der Waals surface area contributed by atoms with Gasteiger partial charge in [-0.15, -0.1) is 0 Å². The topological polar surface area (TPSA) is 37.4 Å². The summed E-state index contributed by atoms with van der Waals surface area (Å²) in [5.41, 5.74) is 2.03. The van der Waals surface area contributed by atoms with E-state index in [1.54, 1.807) is 0 Å². The Morgan fingerprint density at radius 3 is 2.78 bits per heavy atom. The molecule has 1 fully saturated rings. The van der Waals surface area contributed by atoms with Crippen LogP contribution in [0.15, 0.2) is 18.2 Å². The number of nitrogens with zero attached hydrogens (tertiary/aromatic N) is 1. The summed E-state index contributed by atoms with van der Waals surface area (Å²) < 4.78 is 23.1. The zero-order valence-electron chi connectivity index (χ0n) is 10.1. The van der Waals surface area contributed by atoms with Gasteiger partial charge in [0.05, 0.1) is 22.2 Å². The molecule has 100 valence electrons. The van der Waals surface area contributed by atoms with Crippen LogP contribution in [-0.4, -0.2) is 32.5 Å². The lowest BCUT2D eigenvalue weighted by molar-refractivity contribution is 0.568. The molecular weight excluding hydrogens is 338 g/mol. The van der Waals surface area contributed by atoms with Crippen molar-refractivity contribution in [3.63, 3.8) is 0 Å². The fourth-order valence-corrected chi connectivity index (χ4v) is 4.44. The molecule has 1 saturated heterocycles. The van der Waals surface area contributed by atoms with Crippen LogP contribution in [0.4, 0.5) is 5.69 Å². The van der Waals surface area contributed by atoms with Gasteiger partial charge in [-0.3, -0.25) is 0 Å². The number of hydrogen-bond acceptors (Lipinski definition) is 3. The van der Waals surface area contributed by atoms with Crippen LogP contribution in [0.1, 0.15) is 12.5 Å². The molecule has 0 bridgehead atoms. The lowest BCUT2D eigenvalue weighted by atomic mass is 10.2. The van der Waals surface area contributed by atoms with E-state index in [0.29, 0.717) is 11.6 Å². The van der Waals surface area contributed by atoms with Gasteiger partial charge in [-0.2, -0.15) is 0 Å². The lowest BCUT2D eigenvalue weighted by Crippen LogP contribution is -2.47. The van der Waals surface area contributed by atoms with Crippen molar-refractivity contribution in [2.24, 2.45) is 0 Å². The minimum absolute atomic E-state index is 0.0314. The highest BCUT2D eigenvalue weighted by Crippen LogP contribution is 2.30. The third-order valence-corrected chi connectivity index (χ3v) is 5.89. The Labute approximate surface area is 121 Å². The number of sulfone groups is 1. The van der Waals surface area contributed by atoms with Gasteiger partial charge >= 0.3 is 0 Å². The van der Waals surface area contributed by atoms with Gasteiger partial charge < -0.3 is 4.90 Å². The Balaban J connectivity index is 2.27. The molecule has 6 heteroatoms. The average molecular weight is 353 g/mol. The number of halogens is 2. The second-order valence-electron chi connectivity index (χ2n) is 4.58. The van der Waals surface area contributed by atoms with Crippen LogP contribution in [0.25, 0.3) is 0 Å². The highest BCUT2D eigenvalue weighted by Gasteiger charge is 2.29. The summed E-state index contributed by atoms with van der Waals surface area (Å²) in [7, 11) is -2.89. The maximum absolute atomic E-state index is 11.6. The summed E-state index contributed by atoms with van der Waals surface area (Å²) in [4.78, 5) is 2.07. The molecule has 0 amide bonds. The molecule has 1 unspecified atom stereocenters. The molecule has 1 aromatic rings. The van der Waals surface area contributed by atoms with E-state index < -0.39 is 9.84 Å². The summed E-state index contributed by atoms with van der Waals surface area (Å²) >= 11 is 9.65. The first-order valence-electron chi connectivity index (χ1n) is 5.74. The van der Waals surface area contributed by atoms with E-state index in [1.165, 1.54) is 0 Å². The molecule has 0 saturated carbocycles. The largest absolute Gasteiger partial charge is 0.366 e. The highest BCUT2D eigenvalue weighted by atomic mass is 79.9. The van der Waals surface area contributed by atoms with Crippen molar-refractivity contribution in [3.8, 4) is 0 Å². The summed E-state index contributed by atoms with van der Waals surface area (Å²) in [5.74, 6) is 0.400. The quantitative estimate of drug-likeness (QED) is 0.768. The normalized spacial score (nSPS) is 23.1. The van der Waals surface area contributed by atoms with Crippen molar-refractivity contribution in [1.29, 1.82) is 0 Å². The van der Waals surface area contributed by atoms with Gasteiger partial charge in [0.2, 0.25) is 0 Å². The van der Waals surface area contributed by atoms with Gasteiger partial charge in [0.25, 0.3) is 0 Å². The SMILES string of the molecule is CC1CS(=O)(=O)CCN1c1ccc(CBr)cc1Cl. The summed E-state index contributed by atoms with van der Waals surface area (Å²) in [6, 6.07) is 5.86. The van der Waals surface area contributed by atoms with E-state index in [2.05, 4.69) is 20.8 Å². The zero-order chi connectivity index (χ0) is 13.3. The third kappa shape index (κ3) is 3.00. The van der Waals surface area contributed by atoms with Gasteiger partial charge in [0.15, 0.2) is 9.84 Å². The molecule has 0 radical (unpaired) electrons. The monoisotopic (exact) mass is 351 g/mol. The smallest absolute Gasteiger partial charge is 0.154 e. The van der Waals surface area contributed by atoms with Crippen LogP contribution in [0, 0.1) is 0 Å². The fourth-order valence-electron chi connectivity index (χ4n) is 2.22. The first-order chi connectivity index (χ1) is 8.43. The fraction of sp³-hybridized carbons (Fsp3) is 0.500. The number of benzene rings is 1.